The van der Waals surface area contributed by atoms with Crippen LogP contribution in [0.5, 0.6) is 11.5 Å². The Morgan fingerprint density at radius 3 is 0.707 bits per heavy atom. The Hall–Kier alpha value is -2.38. The van der Waals surface area contributed by atoms with E-state index in [1.807, 2.05) is 84.9 Å². The molecule has 0 bridgehead atoms. The van der Waals surface area contributed by atoms with Crippen LogP contribution in [0.15, 0.2) is 97.1 Å². The van der Waals surface area contributed by atoms with Gasteiger partial charge in [-0.25, -0.2) is 24.3 Å². The van der Waals surface area contributed by atoms with E-state index in [0.29, 0.717) is 11.5 Å². The quantitative estimate of drug-likeness (QED) is 0.189. The molecule has 0 spiro atoms. The van der Waals surface area contributed by atoms with Gasteiger partial charge in [-0.3, -0.25) is 0 Å². The van der Waals surface area contributed by atoms with Crippen molar-refractivity contribution >= 4 is 0 Å². The number of benzene rings is 2. The summed E-state index contributed by atoms with van der Waals surface area (Å²) < 4.78 is 0. The van der Waals surface area contributed by atoms with Crippen LogP contribution in [0.2, 0.25) is 0 Å². The summed E-state index contributed by atoms with van der Waals surface area (Å²) in [5.74, 6) is 0.736. The molecule has 2 N–H and O–H groups in total. The van der Waals surface area contributed by atoms with E-state index in [-0.39, 0.29) is 47.9 Å². The molecular weight excluding hydrogens is 580 g/mol. The average molecular weight is 634 g/mol. The second-order valence-electron chi connectivity index (χ2n) is 14.5. The molecule has 0 unspecified atom stereocenters. The van der Waals surface area contributed by atoms with Gasteiger partial charge in [0.1, 0.15) is 11.5 Å². The van der Waals surface area contributed by atoms with Gasteiger partial charge in [0.15, 0.2) is 0 Å². The Morgan fingerprint density at radius 1 is 0.390 bits per heavy atom. The van der Waals surface area contributed by atoms with Gasteiger partial charge in [0.05, 0.1) is 0 Å². The first-order valence-corrected chi connectivity index (χ1v) is 14.2. The first-order chi connectivity index (χ1) is 18.2. The maximum atomic E-state index is 9.72. The van der Waals surface area contributed by atoms with Crippen molar-refractivity contribution in [2.24, 2.45) is 0 Å². The number of hydrogen-bond acceptors (Lipinski definition) is 2. The SMILES string of the molecule is CC(C)(C)c1cc(O)cc(C(C)(C)C)c1.CC(C)(C)c1cc(O)cc(C(C)(C)C)c1.[Zr+2].c1cc[cH-]c1.c1cc[cH-]c1. The van der Waals surface area contributed by atoms with Gasteiger partial charge < -0.3 is 10.2 Å². The van der Waals surface area contributed by atoms with Crippen molar-refractivity contribution in [2.75, 3.05) is 0 Å². The van der Waals surface area contributed by atoms with E-state index in [0.717, 1.165) is 0 Å². The molecule has 4 aromatic carbocycles. The van der Waals surface area contributed by atoms with Crippen molar-refractivity contribution in [3.05, 3.63) is 119 Å². The monoisotopic (exact) mass is 632 g/mol. The van der Waals surface area contributed by atoms with Gasteiger partial charge in [-0.05, 0) is 68.2 Å². The van der Waals surface area contributed by atoms with E-state index in [4.69, 9.17) is 0 Å². The second-order valence-corrected chi connectivity index (χ2v) is 14.5. The van der Waals surface area contributed by atoms with Crippen molar-refractivity contribution in [1.29, 1.82) is 0 Å². The van der Waals surface area contributed by atoms with Gasteiger partial charge in [0, 0.05) is 0 Å². The summed E-state index contributed by atoms with van der Waals surface area (Å²) in [7, 11) is 0. The Kier molecular flexibility index (Phi) is 15.4. The zero-order valence-corrected chi connectivity index (χ0v) is 30.1. The smallest absolute Gasteiger partial charge is 0.508 e. The molecule has 0 heterocycles. The predicted molar refractivity (Wildman–Crippen MR) is 175 cm³/mol. The number of phenolic OH excluding ortho intramolecular Hbond substituents is 2. The molecule has 2 nitrogen and oxygen atoms in total. The molecule has 0 saturated heterocycles. The van der Waals surface area contributed by atoms with Gasteiger partial charge in [-0.2, -0.15) is 36.4 Å². The van der Waals surface area contributed by atoms with Gasteiger partial charge in [0.2, 0.25) is 0 Å². The summed E-state index contributed by atoms with van der Waals surface area (Å²) in [6.45, 7) is 25.9. The van der Waals surface area contributed by atoms with E-state index in [9.17, 15) is 10.2 Å². The second kappa shape index (κ2) is 16.3. The Labute approximate surface area is 270 Å². The fourth-order valence-electron chi connectivity index (χ4n) is 3.60. The van der Waals surface area contributed by atoms with Crippen molar-refractivity contribution in [3.63, 3.8) is 0 Å². The van der Waals surface area contributed by atoms with E-state index in [1.165, 1.54) is 22.3 Å². The predicted octanol–water partition coefficient (Wildman–Crippen LogP) is 10.8. The normalized spacial score (nSPS) is 11.4. The minimum atomic E-state index is 0. The van der Waals surface area contributed by atoms with Crippen LogP contribution in [0.25, 0.3) is 0 Å². The molecule has 0 fully saturated rings. The molecule has 0 amide bonds. The molecule has 0 aliphatic heterocycles. The van der Waals surface area contributed by atoms with E-state index in [2.05, 4.69) is 95.2 Å². The van der Waals surface area contributed by atoms with Crippen LogP contribution in [0.1, 0.15) is 105 Å². The number of rotatable bonds is 0. The molecule has 0 aliphatic rings. The standard InChI is InChI=1S/2C14H22O.2C5H5.Zr/c2*1-13(2,3)10-7-11(14(4,5)6)9-12(15)8-10;2*1-2-4-5-3-1;/h2*7-9,15H,1-6H3;2*1-5H;/q;;2*-1;+2. The largest absolute Gasteiger partial charge is 2.00 e. The fraction of sp³-hybridized carbons (Fsp3) is 0.421. The molecule has 0 aliphatic carbocycles. The van der Waals surface area contributed by atoms with Crippen molar-refractivity contribution in [1.82, 2.24) is 0 Å². The van der Waals surface area contributed by atoms with Crippen LogP contribution in [0.3, 0.4) is 0 Å². The molecule has 222 valence electrons. The van der Waals surface area contributed by atoms with Crippen LogP contribution in [0, 0.1) is 0 Å². The number of aromatic hydroxyl groups is 2. The summed E-state index contributed by atoms with van der Waals surface area (Å²) in [5.41, 5.74) is 5.08. The third kappa shape index (κ3) is 15.4. The Morgan fingerprint density at radius 2 is 0.585 bits per heavy atom. The van der Waals surface area contributed by atoms with Crippen LogP contribution in [0.4, 0.5) is 0 Å². The fourth-order valence-corrected chi connectivity index (χ4v) is 3.60. The van der Waals surface area contributed by atoms with Crippen LogP contribution < -0.4 is 0 Å². The minimum absolute atomic E-state index is 0. The molecule has 41 heavy (non-hydrogen) atoms. The van der Waals surface area contributed by atoms with E-state index < -0.39 is 0 Å². The molecule has 0 saturated carbocycles. The molecule has 4 rings (SSSR count). The van der Waals surface area contributed by atoms with Gasteiger partial charge in [-0.1, -0.05) is 95.2 Å². The van der Waals surface area contributed by atoms with Crippen LogP contribution >= 0.6 is 0 Å². The first kappa shape index (κ1) is 38.6. The molecule has 0 atom stereocenters. The first-order valence-electron chi connectivity index (χ1n) is 14.2. The number of hydrogen-bond donors (Lipinski definition) is 2. The molecular formula is C38H54O2Zr. The zero-order chi connectivity index (χ0) is 30.8. The summed E-state index contributed by atoms with van der Waals surface area (Å²) in [5, 5.41) is 19.4. The van der Waals surface area contributed by atoms with E-state index >= 15 is 0 Å². The maximum absolute atomic E-state index is 9.72. The zero-order valence-electron chi connectivity index (χ0n) is 27.6. The third-order valence-corrected chi connectivity index (χ3v) is 6.41. The summed E-state index contributed by atoms with van der Waals surface area (Å²) in [4.78, 5) is 0. The average Bonchev–Trinajstić information content (AvgIpc) is 3.55. The van der Waals surface area contributed by atoms with Crippen molar-refractivity contribution < 1.29 is 36.4 Å². The molecule has 0 aromatic heterocycles. The summed E-state index contributed by atoms with van der Waals surface area (Å²) in [6.07, 6.45) is 0. The van der Waals surface area contributed by atoms with Gasteiger partial charge >= 0.3 is 26.2 Å². The van der Waals surface area contributed by atoms with Gasteiger partial charge in [-0.15, -0.1) is 0 Å². The summed E-state index contributed by atoms with van der Waals surface area (Å²) >= 11 is 0. The third-order valence-electron chi connectivity index (χ3n) is 6.41. The van der Waals surface area contributed by atoms with Gasteiger partial charge in [0.25, 0.3) is 0 Å². The van der Waals surface area contributed by atoms with Crippen LogP contribution in [-0.2, 0) is 47.9 Å². The Bertz CT molecular complexity index is 1020. The molecule has 0 radical (unpaired) electrons. The maximum Gasteiger partial charge on any atom is 2.00 e. The topological polar surface area (TPSA) is 40.5 Å². The van der Waals surface area contributed by atoms with Crippen molar-refractivity contribution in [3.8, 4) is 11.5 Å². The summed E-state index contributed by atoms with van der Waals surface area (Å²) in [6, 6.07) is 31.8. The molecule has 4 aromatic rings. The van der Waals surface area contributed by atoms with E-state index in [1.54, 1.807) is 0 Å². The van der Waals surface area contributed by atoms with Crippen molar-refractivity contribution in [2.45, 2.75) is 105 Å². The van der Waals surface area contributed by atoms with Crippen LogP contribution in [-0.4, -0.2) is 10.2 Å². The Balaban J connectivity index is 0.000000573. The minimum Gasteiger partial charge on any atom is -0.508 e. The number of phenols is 2. The molecule has 3 heteroatoms.